The number of rotatable bonds is 7. The van der Waals surface area contributed by atoms with Gasteiger partial charge in [0.1, 0.15) is 5.82 Å². The molecule has 4 aromatic rings. The Balaban J connectivity index is 1.27. The Bertz CT molecular complexity index is 1130. The summed E-state index contributed by atoms with van der Waals surface area (Å²) in [6.07, 6.45) is 3.13. The second-order valence-corrected chi connectivity index (χ2v) is 7.24. The van der Waals surface area contributed by atoms with Crippen LogP contribution in [0.3, 0.4) is 0 Å². The molecule has 1 N–H and O–H groups in total. The number of amides is 1. The highest BCUT2D eigenvalue weighted by Gasteiger charge is 2.11. The van der Waals surface area contributed by atoms with Crippen molar-refractivity contribution in [2.45, 2.75) is 19.3 Å². The summed E-state index contributed by atoms with van der Waals surface area (Å²) in [6.45, 7) is 0.518. The largest absolute Gasteiger partial charge is 0.441 e. The molecule has 0 fully saturated rings. The topological polar surface area (TPSA) is 73.0 Å². The molecule has 7 heteroatoms. The maximum absolute atomic E-state index is 12.2. The van der Waals surface area contributed by atoms with E-state index in [2.05, 4.69) is 15.3 Å². The number of carbonyl (C=O) groups excluding carboxylic acids is 1. The number of halogens is 1. The van der Waals surface area contributed by atoms with Gasteiger partial charge in [0.25, 0.3) is 0 Å². The van der Waals surface area contributed by atoms with E-state index in [4.69, 9.17) is 16.0 Å². The molecule has 4 rings (SSSR count). The molecule has 2 aromatic carbocycles. The Hall–Kier alpha value is -3.12. The van der Waals surface area contributed by atoms with E-state index in [0.717, 1.165) is 22.4 Å². The standard InChI is InChI=1S/C22H21ClN4O2/c1-27-18-8-7-16(23)13-17(18)26-20(27)11-12-24-21(28)9-10-22-25-14-19(29-22)15-5-3-2-4-6-15/h2-8,13-14H,9-12H2,1H3,(H,24,28). The molecule has 0 unspecified atom stereocenters. The normalized spacial score (nSPS) is 11.1. The van der Waals surface area contributed by atoms with Gasteiger partial charge in [-0.3, -0.25) is 4.79 Å². The van der Waals surface area contributed by atoms with E-state index in [1.54, 1.807) is 6.20 Å². The zero-order chi connectivity index (χ0) is 20.2. The van der Waals surface area contributed by atoms with Crippen molar-refractivity contribution in [3.63, 3.8) is 0 Å². The Kier molecular flexibility index (Phi) is 5.62. The zero-order valence-electron chi connectivity index (χ0n) is 16.1. The fraction of sp³-hybridized carbons (Fsp3) is 0.227. The molecule has 1 amide bonds. The van der Waals surface area contributed by atoms with Gasteiger partial charge in [-0.25, -0.2) is 9.97 Å². The first-order valence-electron chi connectivity index (χ1n) is 9.48. The molecule has 2 heterocycles. The van der Waals surface area contributed by atoms with Gasteiger partial charge in [-0.05, 0) is 18.2 Å². The summed E-state index contributed by atoms with van der Waals surface area (Å²) in [5, 5.41) is 3.60. The van der Waals surface area contributed by atoms with Crippen molar-refractivity contribution >= 4 is 28.5 Å². The number of fused-ring (bicyclic) bond motifs is 1. The van der Waals surface area contributed by atoms with Crippen LogP contribution in [0.1, 0.15) is 18.1 Å². The minimum atomic E-state index is -0.0359. The number of carbonyl (C=O) groups is 1. The van der Waals surface area contributed by atoms with Crippen LogP contribution in [0.2, 0.25) is 5.02 Å². The van der Waals surface area contributed by atoms with Crippen molar-refractivity contribution in [2.75, 3.05) is 6.54 Å². The average Bonchev–Trinajstić information content (AvgIpc) is 3.32. The van der Waals surface area contributed by atoms with Gasteiger partial charge in [-0.15, -0.1) is 0 Å². The van der Waals surface area contributed by atoms with Gasteiger partial charge in [0.15, 0.2) is 11.7 Å². The predicted molar refractivity (Wildman–Crippen MR) is 113 cm³/mol. The van der Waals surface area contributed by atoms with Crippen LogP contribution in [0.15, 0.2) is 59.1 Å². The van der Waals surface area contributed by atoms with E-state index in [1.807, 2.05) is 60.1 Å². The molecule has 6 nitrogen and oxygen atoms in total. The van der Waals surface area contributed by atoms with Crippen LogP contribution >= 0.6 is 11.6 Å². The van der Waals surface area contributed by atoms with Gasteiger partial charge in [0, 0.05) is 43.4 Å². The lowest BCUT2D eigenvalue weighted by Gasteiger charge is -2.05. The second-order valence-electron chi connectivity index (χ2n) is 6.80. The van der Waals surface area contributed by atoms with Crippen LogP contribution in [-0.2, 0) is 24.7 Å². The van der Waals surface area contributed by atoms with Gasteiger partial charge in [0.2, 0.25) is 5.91 Å². The summed E-state index contributed by atoms with van der Waals surface area (Å²) in [5.74, 6) is 2.14. The van der Waals surface area contributed by atoms with Gasteiger partial charge in [-0.1, -0.05) is 41.9 Å². The lowest BCUT2D eigenvalue weighted by atomic mass is 10.2. The lowest BCUT2D eigenvalue weighted by Crippen LogP contribution is -2.26. The number of oxazole rings is 1. The van der Waals surface area contributed by atoms with Crippen LogP contribution in [0.25, 0.3) is 22.4 Å². The number of nitrogens with one attached hydrogen (secondary N) is 1. The van der Waals surface area contributed by atoms with Crippen LogP contribution in [0, 0.1) is 0 Å². The molecular weight excluding hydrogens is 388 g/mol. The molecule has 0 aliphatic carbocycles. The van der Waals surface area contributed by atoms with Crippen LogP contribution in [0.4, 0.5) is 0 Å². The Labute approximate surface area is 173 Å². The monoisotopic (exact) mass is 408 g/mol. The fourth-order valence-corrected chi connectivity index (χ4v) is 3.40. The van der Waals surface area contributed by atoms with Crippen LogP contribution in [0.5, 0.6) is 0 Å². The van der Waals surface area contributed by atoms with Crippen molar-refractivity contribution in [3.8, 4) is 11.3 Å². The number of imidazole rings is 1. The summed E-state index contributed by atoms with van der Waals surface area (Å²) in [5.41, 5.74) is 2.85. The van der Waals surface area contributed by atoms with Crippen molar-refractivity contribution in [1.29, 1.82) is 0 Å². The van der Waals surface area contributed by atoms with Gasteiger partial charge in [0.05, 0.1) is 17.2 Å². The predicted octanol–water partition coefficient (Wildman–Crippen LogP) is 4.17. The zero-order valence-corrected chi connectivity index (χ0v) is 16.8. The highest BCUT2D eigenvalue weighted by atomic mass is 35.5. The molecule has 148 valence electrons. The molecule has 0 radical (unpaired) electrons. The van der Waals surface area contributed by atoms with E-state index in [9.17, 15) is 4.79 Å². The van der Waals surface area contributed by atoms with Crippen LogP contribution in [-0.4, -0.2) is 27.0 Å². The van der Waals surface area contributed by atoms with Crippen molar-refractivity contribution in [2.24, 2.45) is 7.05 Å². The van der Waals surface area contributed by atoms with E-state index in [-0.39, 0.29) is 5.91 Å². The third-order valence-electron chi connectivity index (χ3n) is 4.78. The third kappa shape index (κ3) is 4.49. The number of aryl methyl sites for hydroxylation is 2. The first-order valence-corrected chi connectivity index (χ1v) is 9.85. The lowest BCUT2D eigenvalue weighted by molar-refractivity contribution is -0.121. The summed E-state index contributed by atoms with van der Waals surface area (Å²) in [4.78, 5) is 21.0. The quantitative estimate of drug-likeness (QED) is 0.498. The Morgan fingerprint density at radius 3 is 2.83 bits per heavy atom. The number of hydrogen-bond donors (Lipinski definition) is 1. The smallest absolute Gasteiger partial charge is 0.220 e. The molecular formula is C22H21ClN4O2. The molecule has 0 saturated heterocycles. The average molecular weight is 409 g/mol. The summed E-state index contributed by atoms with van der Waals surface area (Å²) in [6, 6.07) is 15.4. The molecule has 0 aliphatic heterocycles. The highest BCUT2D eigenvalue weighted by Crippen LogP contribution is 2.21. The molecule has 29 heavy (non-hydrogen) atoms. The highest BCUT2D eigenvalue weighted by molar-refractivity contribution is 6.31. The maximum atomic E-state index is 12.2. The Morgan fingerprint density at radius 2 is 2.00 bits per heavy atom. The molecule has 0 spiro atoms. The number of aromatic nitrogens is 3. The minimum Gasteiger partial charge on any atom is -0.441 e. The SMILES string of the molecule is Cn1c(CCNC(=O)CCc2ncc(-c3ccccc3)o2)nc2cc(Cl)ccc21. The maximum Gasteiger partial charge on any atom is 0.220 e. The number of hydrogen-bond acceptors (Lipinski definition) is 4. The molecule has 0 atom stereocenters. The van der Waals surface area contributed by atoms with Gasteiger partial charge >= 0.3 is 0 Å². The molecule has 0 saturated carbocycles. The summed E-state index contributed by atoms with van der Waals surface area (Å²) >= 11 is 6.03. The molecule has 0 aliphatic rings. The first kappa shape index (κ1) is 19.2. The second kappa shape index (κ2) is 8.49. The van der Waals surface area contributed by atoms with Crippen molar-refractivity contribution in [3.05, 3.63) is 71.5 Å². The van der Waals surface area contributed by atoms with E-state index in [1.165, 1.54) is 0 Å². The van der Waals surface area contributed by atoms with Crippen molar-refractivity contribution in [1.82, 2.24) is 19.9 Å². The van der Waals surface area contributed by atoms with Gasteiger partial charge < -0.3 is 14.3 Å². The van der Waals surface area contributed by atoms with E-state index >= 15 is 0 Å². The minimum absolute atomic E-state index is 0.0359. The fourth-order valence-electron chi connectivity index (χ4n) is 3.23. The first-order chi connectivity index (χ1) is 14.1. The van der Waals surface area contributed by atoms with Crippen LogP contribution < -0.4 is 5.32 Å². The number of nitrogens with zero attached hydrogens (tertiary/aromatic N) is 3. The molecule has 2 aromatic heterocycles. The third-order valence-corrected chi connectivity index (χ3v) is 5.02. The van der Waals surface area contributed by atoms with Crippen molar-refractivity contribution < 1.29 is 9.21 Å². The Morgan fingerprint density at radius 1 is 1.17 bits per heavy atom. The number of benzene rings is 2. The summed E-state index contributed by atoms with van der Waals surface area (Å²) in [7, 11) is 1.97. The van der Waals surface area contributed by atoms with Gasteiger partial charge in [-0.2, -0.15) is 0 Å². The van der Waals surface area contributed by atoms with E-state index < -0.39 is 0 Å². The van der Waals surface area contributed by atoms with E-state index in [0.29, 0.717) is 42.5 Å². The molecule has 0 bridgehead atoms. The summed E-state index contributed by atoms with van der Waals surface area (Å²) < 4.78 is 7.76.